The molecule has 17 heavy (non-hydrogen) atoms. The molecule has 1 saturated heterocycles. The van der Waals surface area contributed by atoms with Gasteiger partial charge in [-0.25, -0.2) is 0 Å². The highest BCUT2D eigenvalue weighted by Crippen LogP contribution is 2.15. The molecular weight excluding hydrogens is 282 g/mol. The SMILES string of the molecule is Brc1ccc(OCCN2CCCOCC2)cc1. The predicted octanol–water partition coefficient (Wildman–Crippen LogP) is 2.55. The molecule has 0 amide bonds. The molecule has 0 spiro atoms. The quantitative estimate of drug-likeness (QED) is 0.853. The van der Waals surface area contributed by atoms with E-state index < -0.39 is 0 Å². The Labute approximate surface area is 111 Å². The summed E-state index contributed by atoms with van der Waals surface area (Å²) in [6.07, 6.45) is 1.12. The summed E-state index contributed by atoms with van der Waals surface area (Å²) >= 11 is 3.41. The molecule has 0 aliphatic carbocycles. The molecule has 0 N–H and O–H groups in total. The lowest BCUT2D eigenvalue weighted by Crippen LogP contribution is -2.30. The van der Waals surface area contributed by atoms with Crippen LogP contribution in [0.4, 0.5) is 0 Å². The van der Waals surface area contributed by atoms with Crippen molar-refractivity contribution in [2.75, 3.05) is 39.5 Å². The van der Waals surface area contributed by atoms with Gasteiger partial charge in [-0.2, -0.15) is 0 Å². The van der Waals surface area contributed by atoms with Crippen LogP contribution in [0.3, 0.4) is 0 Å². The van der Waals surface area contributed by atoms with Crippen molar-refractivity contribution in [3.05, 3.63) is 28.7 Å². The van der Waals surface area contributed by atoms with Gasteiger partial charge in [0.05, 0.1) is 6.61 Å². The van der Waals surface area contributed by atoms with Crippen LogP contribution in [0.1, 0.15) is 6.42 Å². The van der Waals surface area contributed by atoms with E-state index in [9.17, 15) is 0 Å². The molecule has 0 atom stereocenters. The van der Waals surface area contributed by atoms with E-state index in [4.69, 9.17) is 9.47 Å². The molecule has 0 saturated carbocycles. The highest BCUT2D eigenvalue weighted by molar-refractivity contribution is 9.10. The minimum absolute atomic E-state index is 0.738. The van der Waals surface area contributed by atoms with E-state index in [1.807, 2.05) is 24.3 Å². The van der Waals surface area contributed by atoms with Gasteiger partial charge in [0.1, 0.15) is 12.4 Å². The van der Waals surface area contributed by atoms with Gasteiger partial charge >= 0.3 is 0 Å². The third kappa shape index (κ3) is 4.66. The molecule has 1 aliphatic rings. The van der Waals surface area contributed by atoms with Gasteiger partial charge in [0.2, 0.25) is 0 Å². The van der Waals surface area contributed by atoms with Crippen LogP contribution in [0.5, 0.6) is 5.75 Å². The maximum Gasteiger partial charge on any atom is 0.119 e. The van der Waals surface area contributed by atoms with E-state index >= 15 is 0 Å². The first-order chi connectivity index (χ1) is 8.34. The smallest absolute Gasteiger partial charge is 0.119 e. The van der Waals surface area contributed by atoms with Gasteiger partial charge in [-0.05, 0) is 30.7 Å². The fraction of sp³-hybridized carbons (Fsp3) is 0.538. The van der Waals surface area contributed by atoms with Crippen LogP contribution in [-0.4, -0.2) is 44.4 Å². The summed E-state index contributed by atoms with van der Waals surface area (Å²) in [5.41, 5.74) is 0. The van der Waals surface area contributed by atoms with Crippen molar-refractivity contribution in [3.8, 4) is 5.75 Å². The van der Waals surface area contributed by atoms with Gasteiger partial charge in [-0.3, -0.25) is 4.90 Å². The van der Waals surface area contributed by atoms with Gasteiger partial charge in [0, 0.05) is 30.7 Å². The second-order valence-corrected chi connectivity index (χ2v) is 5.03. The third-order valence-corrected chi connectivity index (χ3v) is 3.33. The summed E-state index contributed by atoms with van der Waals surface area (Å²) in [5.74, 6) is 0.930. The summed E-state index contributed by atoms with van der Waals surface area (Å²) in [4.78, 5) is 2.39. The van der Waals surface area contributed by atoms with Crippen molar-refractivity contribution in [2.45, 2.75) is 6.42 Å². The molecule has 0 unspecified atom stereocenters. The Kier molecular flexibility index (Phi) is 5.29. The summed E-state index contributed by atoms with van der Waals surface area (Å²) in [6, 6.07) is 7.95. The van der Waals surface area contributed by atoms with E-state index in [0.29, 0.717) is 0 Å². The van der Waals surface area contributed by atoms with Gasteiger partial charge in [-0.1, -0.05) is 15.9 Å². The molecule has 94 valence electrons. The van der Waals surface area contributed by atoms with Crippen LogP contribution < -0.4 is 4.74 Å². The second kappa shape index (κ2) is 6.99. The fourth-order valence-corrected chi connectivity index (χ4v) is 2.11. The first kappa shape index (κ1) is 12.9. The molecule has 1 heterocycles. The zero-order valence-corrected chi connectivity index (χ0v) is 11.5. The van der Waals surface area contributed by atoms with Crippen molar-refractivity contribution >= 4 is 15.9 Å². The van der Waals surface area contributed by atoms with Crippen molar-refractivity contribution in [3.63, 3.8) is 0 Å². The Hall–Kier alpha value is -0.580. The molecular formula is C13H18BrNO2. The van der Waals surface area contributed by atoms with Gasteiger partial charge < -0.3 is 9.47 Å². The molecule has 1 fully saturated rings. The summed E-state index contributed by atoms with van der Waals surface area (Å²) < 4.78 is 12.2. The third-order valence-electron chi connectivity index (χ3n) is 2.80. The molecule has 4 heteroatoms. The normalized spacial score (nSPS) is 17.7. The zero-order chi connectivity index (χ0) is 11.9. The van der Waals surface area contributed by atoms with Crippen LogP contribution in [0, 0.1) is 0 Å². The molecule has 2 rings (SSSR count). The predicted molar refractivity (Wildman–Crippen MR) is 71.5 cm³/mol. The lowest BCUT2D eigenvalue weighted by molar-refractivity contribution is 0.137. The summed E-state index contributed by atoms with van der Waals surface area (Å²) in [5, 5.41) is 0. The van der Waals surface area contributed by atoms with Crippen LogP contribution in [0.25, 0.3) is 0 Å². The average Bonchev–Trinajstić information content (AvgIpc) is 2.60. The highest BCUT2D eigenvalue weighted by atomic mass is 79.9. The van der Waals surface area contributed by atoms with Crippen molar-refractivity contribution < 1.29 is 9.47 Å². The number of nitrogens with zero attached hydrogens (tertiary/aromatic N) is 1. The Morgan fingerprint density at radius 3 is 2.82 bits per heavy atom. The topological polar surface area (TPSA) is 21.7 Å². The number of hydrogen-bond acceptors (Lipinski definition) is 3. The van der Waals surface area contributed by atoms with E-state index in [1.165, 1.54) is 0 Å². The first-order valence-electron chi connectivity index (χ1n) is 6.03. The standard InChI is InChI=1S/C13H18BrNO2/c14-12-2-4-13(5-3-12)17-11-8-15-6-1-9-16-10-7-15/h2-5H,1,6-11H2. The summed E-state index contributed by atoms with van der Waals surface area (Å²) in [7, 11) is 0. The molecule has 0 aromatic heterocycles. The molecule has 3 nitrogen and oxygen atoms in total. The number of rotatable bonds is 4. The number of benzene rings is 1. The average molecular weight is 300 g/mol. The maximum atomic E-state index is 5.70. The van der Waals surface area contributed by atoms with Gasteiger partial charge in [0.25, 0.3) is 0 Å². The molecule has 1 aromatic rings. The Morgan fingerprint density at radius 2 is 2.00 bits per heavy atom. The van der Waals surface area contributed by atoms with E-state index in [1.54, 1.807) is 0 Å². The number of hydrogen-bond donors (Lipinski definition) is 0. The van der Waals surface area contributed by atoms with Gasteiger partial charge in [-0.15, -0.1) is 0 Å². The fourth-order valence-electron chi connectivity index (χ4n) is 1.84. The summed E-state index contributed by atoms with van der Waals surface area (Å²) in [6.45, 7) is 5.58. The van der Waals surface area contributed by atoms with E-state index in [2.05, 4.69) is 20.8 Å². The largest absolute Gasteiger partial charge is 0.492 e. The lowest BCUT2D eigenvalue weighted by atomic mass is 10.3. The first-order valence-corrected chi connectivity index (χ1v) is 6.82. The molecule has 1 aromatic carbocycles. The highest BCUT2D eigenvalue weighted by Gasteiger charge is 2.08. The minimum Gasteiger partial charge on any atom is -0.492 e. The van der Waals surface area contributed by atoms with Crippen molar-refractivity contribution in [2.24, 2.45) is 0 Å². The van der Waals surface area contributed by atoms with E-state index in [0.717, 1.165) is 56.1 Å². The van der Waals surface area contributed by atoms with Crippen molar-refractivity contribution in [1.82, 2.24) is 4.90 Å². The molecule has 0 radical (unpaired) electrons. The molecule has 0 bridgehead atoms. The monoisotopic (exact) mass is 299 g/mol. The minimum atomic E-state index is 0.738. The van der Waals surface area contributed by atoms with Crippen LogP contribution in [0.2, 0.25) is 0 Å². The molecule has 1 aliphatic heterocycles. The zero-order valence-electron chi connectivity index (χ0n) is 9.90. The Balaban J connectivity index is 1.69. The Bertz CT molecular complexity index is 321. The number of halogens is 1. The van der Waals surface area contributed by atoms with Crippen LogP contribution in [-0.2, 0) is 4.74 Å². The van der Waals surface area contributed by atoms with Crippen LogP contribution >= 0.6 is 15.9 Å². The van der Waals surface area contributed by atoms with E-state index in [-0.39, 0.29) is 0 Å². The van der Waals surface area contributed by atoms with Gasteiger partial charge in [0.15, 0.2) is 0 Å². The maximum absolute atomic E-state index is 5.70. The Morgan fingerprint density at radius 1 is 1.18 bits per heavy atom. The number of ether oxygens (including phenoxy) is 2. The second-order valence-electron chi connectivity index (χ2n) is 4.11. The van der Waals surface area contributed by atoms with Crippen LogP contribution in [0.15, 0.2) is 28.7 Å². The lowest BCUT2D eigenvalue weighted by Gasteiger charge is -2.18. The van der Waals surface area contributed by atoms with Crippen molar-refractivity contribution in [1.29, 1.82) is 0 Å².